The number of carbonyl (C=O) groups is 1. The lowest BCUT2D eigenvalue weighted by Crippen LogP contribution is -2.39. The molecule has 0 saturated heterocycles. The van der Waals surface area contributed by atoms with Crippen LogP contribution in [0.25, 0.3) is 0 Å². The van der Waals surface area contributed by atoms with Crippen molar-refractivity contribution in [3.8, 4) is 0 Å². The second-order valence-electron chi connectivity index (χ2n) is 5.97. The molecule has 2 aromatic heterocycles. The van der Waals surface area contributed by atoms with E-state index in [4.69, 9.17) is 0 Å². The Morgan fingerprint density at radius 2 is 2.14 bits per heavy atom. The van der Waals surface area contributed by atoms with Crippen molar-refractivity contribution in [2.75, 3.05) is 6.54 Å². The zero-order valence-corrected chi connectivity index (χ0v) is 13.1. The molecule has 1 aliphatic carbocycles. The number of fused-ring (bicyclic) bond motifs is 1. The summed E-state index contributed by atoms with van der Waals surface area (Å²) in [6.07, 6.45) is 1.00. The minimum Gasteiger partial charge on any atom is -0.333 e. The zero-order chi connectivity index (χ0) is 14.6. The van der Waals surface area contributed by atoms with Gasteiger partial charge in [-0.25, -0.2) is 0 Å². The Kier molecular flexibility index (Phi) is 2.89. The van der Waals surface area contributed by atoms with Crippen molar-refractivity contribution in [3.05, 3.63) is 33.5 Å². The predicted molar refractivity (Wildman–Crippen MR) is 80.1 cm³/mol. The fourth-order valence-electron chi connectivity index (χ4n) is 3.16. The predicted octanol–water partition coefficient (Wildman–Crippen LogP) is 2.10. The fraction of sp³-hybridized carbons (Fsp3) is 0.533. The highest BCUT2D eigenvalue weighted by Crippen LogP contribution is 2.50. The van der Waals surface area contributed by atoms with Gasteiger partial charge in [0.1, 0.15) is 5.82 Å². The normalized spacial score (nSPS) is 24.0. The average molecular weight is 302 g/mol. The lowest BCUT2D eigenvalue weighted by Gasteiger charge is -2.27. The lowest BCUT2D eigenvalue weighted by molar-refractivity contribution is -0.134. The second-order valence-corrected chi connectivity index (χ2v) is 7.29. The highest BCUT2D eigenvalue weighted by atomic mass is 32.1. The van der Waals surface area contributed by atoms with E-state index in [0.717, 1.165) is 31.2 Å². The van der Waals surface area contributed by atoms with E-state index in [2.05, 4.69) is 33.8 Å². The third kappa shape index (κ3) is 2.18. The Morgan fingerprint density at radius 1 is 1.29 bits per heavy atom. The van der Waals surface area contributed by atoms with Crippen molar-refractivity contribution in [1.29, 1.82) is 0 Å². The maximum Gasteiger partial charge on any atom is 0.226 e. The second kappa shape index (κ2) is 4.66. The third-order valence-electron chi connectivity index (χ3n) is 4.48. The van der Waals surface area contributed by atoms with Gasteiger partial charge in [0.05, 0.1) is 6.54 Å². The molecule has 1 fully saturated rings. The Hall–Kier alpha value is -1.69. The molecule has 1 saturated carbocycles. The monoisotopic (exact) mass is 302 g/mol. The van der Waals surface area contributed by atoms with Crippen LogP contribution in [0.3, 0.4) is 0 Å². The molecule has 5 nitrogen and oxygen atoms in total. The Labute approximate surface area is 127 Å². The van der Waals surface area contributed by atoms with Gasteiger partial charge in [0.15, 0.2) is 5.82 Å². The van der Waals surface area contributed by atoms with E-state index in [1.54, 1.807) is 0 Å². The quantitative estimate of drug-likeness (QED) is 0.853. The van der Waals surface area contributed by atoms with E-state index in [1.165, 1.54) is 9.75 Å². The van der Waals surface area contributed by atoms with Crippen LogP contribution in [0.15, 0.2) is 12.1 Å². The largest absolute Gasteiger partial charge is 0.333 e. The molecule has 4 rings (SSSR count). The molecule has 2 aliphatic rings. The van der Waals surface area contributed by atoms with Gasteiger partial charge < -0.3 is 9.47 Å². The summed E-state index contributed by atoms with van der Waals surface area (Å²) in [5.74, 6) is 2.76. The van der Waals surface area contributed by atoms with Gasteiger partial charge in [-0.2, -0.15) is 0 Å². The standard InChI is InChI=1S/C15H18N4OS/c1-9-3-4-13(21-9)11-7-12(11)15(20)18-5-6-19-10(2)16-17-14(19)8-18/h3-4,11-12H,5-8H2,1-2H3. The van der Waals surface area contributed by atoms with Gasteiger partial charge in [0, 0.05) is 34.7 Å². The number of rotatable bonds is 2. The molecule has 2 aromatic rings. The van der Waals surface area contributed by atoms with Crippen LogP contribution < -0.4 is 0 Å². The summed E-state index contributed by atoms with van der Waals surface area (Å²) >= 11 is 1.82. The molecule has 2 unspecified atom stereocenters. The van der Waals surface area contributed by atoms with Crippen molar-refractivity contribution < 1.29 is 4.79 Å². The number of carbonyl (C=O) groups excluding carboxylic acids is 1. The van der Waals surface area contributed by atoms with Crippen LogP contribution in [0.2, 0.25) is 0 Å². The van der Waals surface area contributed by atoms with Crippen molar-refractivity contribution in [3.63, 3.8) is 0 Å². The Balaban J connectivity index is 1.45. The maximum absolute atomic E-state index is 12.6. The summed E-state index contributed by atoms with van der Waals surface area (Å²) in [6.45, 7) is 6.27. The number of aromatic nitrogens is 3. The molecule has 1 amide bonds. The van der Waals surface area contributed by atoms with Gasteiger partial charge in [-0.05, 0) is 32.4 Å². The smallest absolute Gasteiger partial charge is 0.226 e. The van der Waals surface area contributed by atoms with Crippen LogP contribution in [0.5, 0.6) is 0 Å². The number of amides is 1. The van der Waals surface area contributed by atoms with Crippen molar-refractivity contribution in [2.45, 2.75) is 39.3 Å². The Bertz CT molecular complexity index is 704. The van der Waals surface area contributed by atoms with E-state index < -0.39 is 0 Å². The van der Waals surface area contributed by atoms with Gasteiger partial charge in [0.2, 0.25) is 5.91 Å². The molecule has 2 atom stereocenters. The summed E-state index contributed by atoms with van der Waals surface area (Å²) in [5, 5.41) is 8.26. The van der Waals surface area contributed by atoms with E-state index in [1.807, 2.05) is 23.2 Å². The minimum absolute atomic E-state index is 0.179. The van der Waals surface area contributed by atoms with Gasteiger partial charge in [0.25, 0.3) is 0 Å². The van der Waals surface area contributed by atoms with E-state index >= 15 is 0 Å². The maximum atomic E-state index is 12.6. The first-order chi connectivity index (χ1) is 10.1. The number of hydrogen-bond acceptors (Lipinski definition) is 4. The van der Waals surface area contributed by atoms with Crippen LogP contribution in [0, 0.1) is 19.8 Å². The average Bonchev–Trinajstić information content (AvgIpc) is 3.04. The molecule has 0 spiro atoms. The van der Waals surface area contributed by atoms with Crippen molar-refractivity contribution in [1.82, 2.24) is 19.7 Å². The number of aryl methyl sites for hydroxylation is 2. The molecule has 0 N–H and O–H groups in total. The van der Waals surface area contributed by atoms with Gasteiger partial charge in [-0.1, -0.05) is 0 Å². The number of thiophene rings is 1. The summed E-state index contributed by atoms with van der Waals surface area (Å²) in [4.78, 5) is 17.3. The first-order valence-electron chi connectivity index (χ1n) is 7.37. The van der Waals surface area contributed by atoms with Crippen LogP contribution in [-0.2, 0) is 17.9 Å². The van der Waals surface area contributed by atoms with E-state index in [9.17, 15) is 4.79 Å². The highest BCUT2D eigenvalue weighted by Gasteiger charge is 2.47. The zero-order valence-electron chi connectivity index (χ0n) is 12.2. The van der Waals surface area contributed by atoms with Crippen LogP contribution in [-0.4, -0.2) is 32.1 Å². The van der Waals surface area contributed by atoms with Crippen molar-refractivity contribution >= 4 is 17.2 Å². The highest BCUT2D eigenvalue weighted by molar-refractivity contribution is 7.12. The van der Waals surface area contributed by atoms with Gasteiger partial charge in [-0.15, -0.1) is 21.5 Å². The minimum atomic E-state index is 0.179. The summed E-state index contributed by atoms with van der Waals surface area (Å²) in [5.41, 5.74) is 0. The molecular formula is C15H18N4OS. The van der Waals surface area contributed by atoms with Crippen molar-refractivity contribution in [2.24, 2.45) is 5.92 Å². The van der Waals surface area contributed by atoms with Crippen LogP contribution in [0.4, 0.5) is 0 Å². The first kappa shape index (κ1) is 13.0. The third-order valence-corrected chi connectivity index (χ3v) is 5.62. The van der Waals surface area contributed by atoms with E-state index in [0.29, 0.717) is 12.5 Å². The first-order valence-corrected chi connectivity index (χ1v) is 8.19. The SMILES string of the molecule is Cc1ccc(C2CC2C(=O)N2CCn3c(C)nnc3C2)s1. The van der Waals surface area contributed by atoms with E-state index in [-0.39, 0.29) is 11.8 Å². The molecule has 6 heteroatoms. The van der Waals surface area contributed by atoms with Gasteiger partial charge in [-0.3, -0.25) is 4.79 Å². The van der Waals surface area contributed by atoms with Crippen LogP contribution in [0.1, 0.15) is 33.7 Å². The van der Waals surface area contributed by atoms with Crippen LogP contribution >= 0.6 is 11.3 Å². The van der Waals surface area contributed by atoms with Gasteiger partial charge >= 0.3 is 0 Å². The topological polar surface area (TPSA) is 51.0 Å². The molecule has 0 aromatic carbocycles. The molecule has 0 bridgehead atoms. The molecule has 3 heterocycles. The summed E-state index contributed by atoms with van der Waals surface area (Å²) in [6, 6.07) is 4.32. The Morgan fingerprint density at radius 3 is 2.90 bits per heavy atom. The molecular weight excluding hydrogens is 284 g/mol. The summed E-state index contributed by atoms with van der Waals surface area (Å²) in [7, 11) is 0. The number of hydrogen-bond donors (Lipinski definition) is 0. The molecule has 0 radical (unpaired) electrons. The molecule has 1 aliphatic heterocycles. The molecule has 21 heavy (non-hydrogen) atoms. The lowest BCUT2D eigenvalue weighted by atomic mass is 10.2. The fourth-order valence-corrected chi connectivity index (χ4v) is 4.22. The summed E-state index contributed by atoms with van der Waals surface area (Å²) < 4.78 is 2.11. The number of nitrogens with zero attached hydrogens (tertiary/aromatic N) is 4. The molecule has 110 valence electrons.